The van der Waals surface area contributed by atoms with E-state index >= 15 is 0 Å². The zero-order chi connectivity index (χ0) is 13.8. The molecule has 1 aromatic heterocycles. The van der Waals surface area contributed by atoms with Crippen molar-refractivity contribution in [3.8, 4) is 0 Å². The summed E-state index contributed by atoms with van der Waals surface area (Å²) >= 11 is 7.22. The Labute approximate surface area is 120 Å². The molecule has 0 aliphatic carbocycles. The predicted octanol–water partition coefficient (Wildman–Crippen LogP) is 3.16. The second-order valence-electron chi connectivity index (χ2n) is 4.09. The minimum absolute atomic E-state index is 0.327. The maximum absolute atomic E-state index is 11.4. The summed E-state index contributed by atoms with van der Waals surface area (Å²) in [6.07, 6.45) is 1.03. The Morgan fingerprint density at radius 3 is 2.79 bits per heavy atom. The van der Waals surface area contributed by atoms with Crippen molar-refractivity contribution in [3.63, 3.8) is 0 Å². The first-order valence-electron chi connectivity index (χ1n) is 5.90. The number of aryl methyl sites for hydroxylation is 1. The van der Waals surface area contributed by atoms with E-state index in [9.17, 15) is 9.90 Å². The highest BCUT2D eigenvalue weighted by atomic mass is 35.5. The third-order valence-corrected chi connectivity index (χ3v) is 4.01. The predicted molar refractivity (Wildman–Crippen MR) is 74.8 cm³/mol. The summed E-state index contributed by atoms with van der Waals surface area (Å²) in [7, 11) is 0. The van der Waals surface area contributed by atoms with E-state index in [1.54, 1.807) is 6.07 Å². The monoisotopic (exact) mass is 296 g/mol. The smallest absolute Gasteiger partial charge is 0.313 e. The van der Waals surface area contributed by atoms with Crippen molar-refractivity contribution in [2.75, 3.05) is 0 Å². The van der Waals surface area contributed by atoms with E-state index in [2.05, 4.69) is 9.36 Å². The summed E-state index contributed by atoms with van der Waals surface area (Å²) in [5, 5.41) is 10.5. The molecule has 0 aliphatic heterocycles. The van der Waals surface area contributed by atoms with Crippen LogP contribution >= 0.6 is 23.1 Å². The number of hydrogen-bond donors (Lipinski definition) is 1. The van der Waals surface area contributed by atoms with E-state index in [1.165, 1.54) is 0 Å². The molecule has 0 aliphatic rings. The molecule has 1 heterocycles. The Balaban J connectivity index is 2.26. The summed E-state index contributed by atoms with van der Waals surface area (Å²) in [5.41, 5.74) is 0.810. The van der Waals surface area contributed by atoms with Gasteiger partial charge in [0.25, 0.3) is 0 Å². The number of aromatic nitrogens is 2. The summed E-state index contributed by atoms with van der Waals surface area (Å²) < 4.78 is 4.14. The first kappa shape index (κ1) is 14.0. The Hall–Kier alpha value is -1.46. The van der Waals surface area contributed by atoms with Gasteiger partial charge in [-0.2, -0.15) is 4.37 Å². The van der Waals surface area contributed by atoms with Gasteiger partial charge >= 0.3 is 5.97 Å². The number of carbonyl (C=O) groups is 1. The molecule has 4 nitrogen and oxygen atoms in total. The van der Waals surface area contributed by atoms with Gasteiger partial charge in [-0.05, 0) is 29.6 Å². The lowest BCUT2D eigenvalue weighted by Crippen LogP contribution is -2.14. The number of hydrogen-bond acceptors (Lipinski definition) is 4. The molecule has 0 amide bonds. The molecule has 1 aromatic carbocycles. The van der Waals surface area contributed by atoms with Crippen LogP contribution in [0.4, 0.5) is 0 Å². The number of aliphatic carboxylic acids is 1. The molecule has 1 unspecified atom stereocenters. The van der Waals surface area contributed by atoms with Crippen LogP contribution in [0.2, 0.25) is 5.02 Å². The van der Waals surface area contributed by atoms with Crippen LogP contribution in [0, 0.1) is 0 Å². The standard InChI is InChI=1S/C13H13ClN2O2S/c1-2-11-15-12(19-16-11)9(13(17)18)7-8-5-3-4-6-10(8)14/h3-6,9H,2,7H2,1H3,(H,17,18). The fraction of sp³-hybridized carbons (Fsp3) is 0.308. The first-order chi connectivity index (χ1) is 9.11. The maximum Gasteiger partial charge on any atom is 0.313 e. The van der Waals surface area contributed by atoms with Gasteiger partial charge in [0, 0.05) is 11.4 Å². The molecule has 1 N–H and O–H groups in total. The molecular weight excluding hydrogens is 284 g/mol. The zero-order valence-electron chi connectivity index (χ0n) is 10.3. The molecule has 0 fully saturated rings. The molecule has 2 aromatic rings. The van der Waals surface area contributed by atoms with Gasteiger partial charge in [-0.15, -0.1) is 0 Å². The van der Waals surface area contributed by atoms with Crippen LogP contribution in [0.3, 0.4) is 0 Å². The Kier molecular flexibility index (Phi) is 4.50. The van der Waals surface area contributed by atoms with Gasteiger partial charge in [0.1, 0.15) is 16.7 Å². The van der Waals surface area contributed by atoms with Gasteiger partial charge in [-0.25, -0.2) is 4.98 Å². The quantitative estimate of drug-likeness (QED) is 0.920. The molecule has 0 saturated carbocycles. The average Bonchev–Trinajstić information content (AvgIpc) is 2.86. The van der Waals surface area contributed by atoms with Gasteiger partial charge in [0.2, 0.25) is 0 Å². The molecule has 2 rings (SSSR count). The van der Waals surface area contributed by atoms with E-state index in [0.717, 1.165) is 17.1 Å². The number of benzene rings is 1. The minimum atomic E-state index is -0.904. The van der Waals surface area contributed by atoms with E-state index < -0.39 is 11.9 Å². The largest absolute Gasteiger partial charge is 0.481 e. The number of halogens is 1. The summed E-state index contributed by atoms with van der Waals surface area (Å²) in [4.78, 5) is 15.7. The van der Waals surface area contributed by atoms with Gasteiger partial charge < -0.3 is 5.11 Å². The zero-order valence-corrected chi connectivity index (χ0v) is 11.9. The molecule has 100 valence electrons. The van der Waals surface area contributed by atoms with Crippen LogP contribution < -0.4 is 0 Å². The van der Waals surface area contributed by atoms with Crippen molar-refractivity contribution >= 4 is 29.1 Å². The number of carboxylic acids is 1. The highest BCUT2D eigenvalue weighted by Gasteiger charge is 2.25. The minimum Gasteiger partial charge on any atom is -0.481 e. The lowest BCUT2D eigenvalue weighted by atomic mass is 10.00. The summed E-state index contributed by atoms with van der Waals surface area (Å²) in [6.45, 7) is 1.94. The van der Waals surface area contributed by atoms with Crippen LogP contribution in [0.25, 0.3) is 0 Å². The van der Waals surface area contributed by atoms with Crippen molar-refractivity contribution in [1.82, 2.24) is 9.36 Å². The number of nitrogens with zero attached hydrogens (tertiary/aromatic N) is 2. The average molecular weight is 297 g/mol. The molecule has 0 radical (unpaired) electrons. The van der Waals surface area contributed by atoms with Gasteiger partial charge in [-0.1, -0.05) is 36.7 Å². The Morgan fingerprint density at radius 2 is 2.21 bits per heavy atom. The highest BCUT2D eigenvalue weighted by molar-refractivity contribution is 7.05. The molecule has 1 atom stereocenters. The van der Waals surface area contributed by atoms with Crippen LogP contribution in [-0.2, 0) is 17.6 Å². The molecule has 6 heteroatoms. The molecule has 19 heavy (non-hydrogen) atoms. The highest BCUT2D eigenvalue weighted by Crippen LogP contribution is 2.26. The number of rotatable bonds is 5. The number of carboxylic acid groups (broad SMARTS) is 1. The van der Waals surface area contributed by atoms with Gasteiger partial charge in [0.15, 0.2) is 0 Å². The fourth-order valence-corrected chi connectivity index (χ4v) is 2.76. The fourth-order valence-electron chi connectivity index (χ4n) is 1.72. The van der Waals surface area contributed by atoms with Crippen LogP contribution in [0.5, 0.6) is 0 Å². The van der Waals surface area contributed by atoms with Gasteiger partial charge in [-0.3, -0.25) is 4.79 Å². The van der Waals surface area contributed by atoms with Crippen molar-refractivity contribution in [2.24, 2.45) is 0 Å². The lowest BCUT2D eigenvalue weighted by Gasteiger charge is -2.10. The molecular formula is C13H13ClN2O2S. The SMILES string of the molecule is CCc1nsc(C(Cc2ccccc2Cl)C(=O)O)n1. The maximum atomic E-state index is 11.4. The van der Waals surface area contributed by atoms with Crippen molar-refractivity contribution < 1.29 is 9.90 Å². The second-order valence-corrected chi connectivity index (χ2v) is 5.28. The van der Waals surface area contributed by atoms with E-state index in [-0.39, 0.29) is 0 Å². The van der Waals surface area contributed by atoms with E-state index in [1.807, 2.05) is 25.1 Å². The van der Waals surface area contributed by atoms with Crippen molar-refractivity contribution in [1.29, 1.82) is 0 Å². The third kappa shape index (κ3) is 3.30. The summed E-state index contributed by atoms with van der Waals surface area (Å²) in [5.74, 6) is -0.915. The van der Waals surface area contributed by atoms with Crippen LogP contribution in [0.15, 0.2) is 24.3 Å². The van der Waals surface area contributed by atoms with Crippen LogP contribution in [-0.4, -0.2) is 20.4 Å². The van der Waals surface area contributed by atoms with Gasteiger partial charge in [0.05, 0.1) is 0 Å². The Morgan fingerprint density at radius 1 is 1.47 bits per heavy atom. The normalized spacial score (nSPS) is 12.3. The van der Waals surface area contributed by atoms with Crippen molar-refractivity contribution in [3.05, 3.63) is 45.7 Å². The third-order valence-electron chi connectivity index (χ3n) is 2.78. The lowest BCUT2D eigenvalue weighted by molar-refractivity contribution is -0.138. The molecule has 0 spiro atoms. The topological polar surface area (TPSA) is 63.1 Å². The summed E-state index contributed by atoms with van der Waals surface area (Å²) in [6, 6.07) is 7.26. The van der Waals surface area contributed by atoms with E-state index in [0.29, 0.717) is 28.7 Å². The molecule has 0 saturated heterocycles. The van der Waals surface area contributed by atoms with Crippen molar-refractivity contribution in [2.45, 2.75) is 25.7 Å². The second kappa shape index (κ2) is 6.12. The Bertz CT molecular complexity index is 586. The van der Waals surface area contributed by atoms with E-state index in [4.69, 9.17) is 11.6 Å². The first-order valence-corrected chi connectivity index (χ1v) is 7.05. The van der Waals surface area contributed by atoms with Crippen LogP contribution in [0.1, 0.15) is 29.2 Å². The molecule has 0 bridgehead atoms.